The van der Waals surface area contributed by atoms with Gasteiger partial charge in [-0.05, 0) is 27.8 Å². The molecule has 0 amide bonds. The molecule has 1 aromatic rings. The average Bonchev–Trinajstić information content (AvgIpc) is 2.29. The number of aliphatic hydroxyl groups excluding tert-OH is 1. The van der Waals surface area contributed by atoms with Gasteiger partial charge in [-0.15, -0.1) is 0 Å². The Kier molecular flexibility index (Phi) is 3.54. The Bertz CT molecular complexity index is 431. The minimum Gasteiger partial charge on any atom is -0.391 e. The van der Waals surface area contributed by atoms with Crippen molar-refractivity contribution in [3.63, 3.8) is 0 Å². The molecule has 0 aromatic carbocycles. The van der Waals surface area contributed by atoms with Crippen LogP contribution in [0.25, 0.3) is 0 Å². The predicted molar refractivity (Wildman–Crippen MR) is 71.5 cm³/mol. The maximum absolute atomic E-state index is 9.78. The lowest BCUT2D eigenvalue weighted by Crippen LogP contribution is -2.43. The number of rotatable bonds is 3. The van der Waals surface area contributed by atoms with Crippen LogP contribution < -0.4 is 5.32 Å². The van der Waals surface area contributed by atoms with Crippen LogP contribution in [0.4, 0.5) is 5.82 Å². The van der Waals surface area contributed by atoms with Gasteiger partial charge in [0.05, 0.1) is 17.3 Å². The summed E-state index contributed by atoms with van der Waals surface area (Å²) in [7, 11) is 2.10. The van der Waals surface area contributed by atoms with Gasteiger partial charge in [0.15, 0.2) is 0 Å². The monoisotopic (exact) mass is 250 g/mol. The van der Waals surface area contributed by atoms with Crippen molar-refractivity contribution >= 4 is 5.82 Å². The number of nitrogens with zero attached hydrogens (tertiary/aromatic N) is 3. The molecule has 5 nitrogen and oxygen atoms in total. The van der Waals surface area contributed by atoms with Crippen molar-refractivity contribution in [1.82, 2.24) is 14.9 Å². The Morgan fingerprint density at radius 3 is 2.83 bits per heavy atom. The van der Waals surface area contributed by atoms with Crippen molar-refractivity contribution in [2.24, 2.45) is 0 Å². The molecule has 0 radical (unpaired) electrons. The average molecular weight is 250 g/mol. The van der Waals surface area contributed by atoms with Gasteiger partial charge in [-0.3, -0.25) is 0 Å². The molecule has 18 heavy (non-hydrogen) atoms. The molecule has 2 N–H and O–H groups in total. The van der Waals surface area contributed by atoms with Crippen molar-refractivity contribution in [1.29, 1.82) is 0 Å². The molecule has 1 atom stereocenters. The second kappa shape index (κ2) is 4.82. The third kappa shape index (κ3) is 2.62. The second-order valence-corrected chi connectivity index (χ2v) is 5.66. The molecule has 0 bridgehead atoms. The Balaban J connectivity index is 2.29. The molecule has 0 aliphatic carbocycles. The Morgan fingerprint density at radius 2 is 2.17 bits per heavy atom. The summed E-state index contributed by atoms with van der Waals surface area (Å²) in [5.41, 5.74) is 1.87. The van der Waals surface area contributed by atoms with Crippen LogP contribution in [0.5, 0.6) is 0 Å². The third-order valence-corrected chi connectivity index (χ3v) is 3.68. The van der Waals surface area contributed by atoms with E-state index in [0.29, 0.717) is 0 Å². The lowest BCUT2D eigenvalue weighted by Gasteiger charge is -2.33. The highest BCUT2D eigenvalue weighted by molar-refractivity contribution is 5.48. The number of hydrogen-bond acceptors (Lipinski definition) is 5. The van der Waals surface area contributed by atoms with E-state index in [1.165, 1.54) is 0 Å². The van der Waals surface area contributed by atoms with Crippen LogP contribution in [0.15, 0.2) is 6.33 Å². The van der Waals surface area contributed by atoms with E-state index in [4.69, 9.17) is 0 Å². The van der Waals surface area contributed by atoms with E-state index in [9.17, 15) is 5.11 Å². The van der Waals surface area contributed by atoms with Gasteiger partial charge in [0.1, 0.15) is 12.1 Å². The standard InChI is InChI=1S/C13H22N4O/c1-9(18)13(2,3)16-12-10-7-17(4)6-5-11(10)14-8-15-12/h8-9,18H,5-7H2,1-4H3,(H,14,15,16). The summed E-state index contributed by atoms with van der Waals surface area (Å²) in [5.74, 6) is 0.845. The van der Waals surface area contributed by atoms with Gasteiger partial charge in [0.25, 0.3) is 0 Å². The van der Waals surface area contributed by atoms with Gasteiger partial charge in [0, 0.05) is 25.1 Å². The number of aliphatic hydroxyl groups is 1. The summed E-state index contributed by atoms with van der Waals surface area (Å²) < 4.78 is 0. The quantitative estimate of drug-likeness (QED) is 0.839. The molecule has 1 aliphatic heterocycles. The highest BCUT2D eigenvalue weighted by Gasteiger charge is 2.27. The summed E-state index contributed by atoms with van der Waals surface area (Å²) in [6.45, 7) is 7.61. The molecule has 5 heteroatoms. The zero-order valence-electron chi connectivity index (χ0n) is 11.6. The fraction of sp³-hybridized carbons (Fsp3) is 0.692. The lowest BCUT2D eigenvalue weighted by atomic mass is 9.97. The molecule has 1 unspecified atom stereocenters. The van der Waals surface area contributed by atoms with Crippen LogP contribution in [0.3, 0.4) is 0 Å². The van der Waals surface area contributed by atoms with Gasteiger partial charge in [0.2, 0.25) is 0 Å². The molecule has 1 aromatic heterocycles. The van der Waals surface area contributed by atoms with Crippen LogP contribution in [-0.4, -0.2) is 45.2 Å². The van der Waals surface area contributed by atoms with Gasteiger partial charge in [-0.2, -0.15) is 0 Å². The number of hydrogen-bond donors (Lipinski definition) is 2. The highest BCUT2D eigenvalue weighted by Crippen LogP contribution is 2.25. The zero-order valence-corrected chi connectivity index (χ0v) is 11.6. The number of aromatic nitrogens is 2. The van der Waals surface area contributed by atoms with E-state index in [1.54, 1.807) is 13.3 Å². The molecular formula is C13H22N4O. The topological polar surface area (TPSA) is 61.3 Å². The zero-order chi connectivity index (χ0) is 13.3. The number of anilines is 1. The number of nitrogens with one attached hydrogen (secondary N) is 1. The summed E-state index contributed by atoms with van der Waals surface area (Å²) in [6.07, 6.45) is 2.10. The third-order valence-electron chi connectivity index (χ3n) is 3.68. The van der Waals surface area contributed by atoms with Crippen LogP contribution in [-0.2, 0) is 13.0 Å². The van der Waals surface area contributed by atoms with E-state index >= 15 is 0 Å². The van der Waals surface area contributed by atoms with E-state index in [0.717, 1.165) is 36.6 Å². The van der Waals surface area contributed by atoms with Gasteiger partial charge in [-0.1, -0.05) is 0 Å². The predicted octanol–water partition coefficient (Wildman–Crippen LogP) is 1.04. The molecule has 2 rings (SSSR count). The van der Waals surface area contributed by atoms with E-state index < -0.39 is 11.6 Å². The highest BCUT2D eigenvalue weighted by atomic mass is 16.3. The summed E-state index contributed by atoms with van der Waals surface area (Å²) >= 11 is 0. The van der Waals surface area contributed by atoms with Gasteiger partial charge < -0.3 is 15.3 Å². The first-order valence-electron chi connectivity index (χ1n) is 6.37. The normalized spacial score (nSPS) is 18.3. The summed E-state index contributed by atoms with van der Waals surface area (Å²) in [5, 5.41) is 13.1. The molecule has 100 valence electrons. The summed E-state index contributed by atoms with van der Waals surface area (Å²) in [6, 6.07) is 0. The minimum absolute atomic E-state index is 0.405. The van der Waals surface area contributed by atoms with Gasteiger partial charge in [-0.25, -0.2) is 9.97 Å². The van der Waals surface area contributed by atoms with Crippen molar-refractivity contribution in [3.05, 3.63) is 17.6 Å². The molecule has 0 spiro atoms. The maximum atomic E-state index is 9.78. The van der Waals surface area contributed by atoms with Crippen molar-refractivity contribution in [2.45, 2.75) is 45.4 Å². The molecule has 0 saturated heterocycles. The first-order chi connectivity index (χ1) is 8.40. The maximum Gasteiger partial charge on any atom is 0.134 e. The largest absolute Gasteiger partial charge is 0.391 e. The first kappa shape index (κ1) is 13.2. The fourth-order valence-electron chi connectivity index (χ4n) is 1.99. The lowest BCUT2D eigenvalue weighted by molar-refractivity contribution is 0.133. The molecule has 0 fully saturated rings. The van der Waals surface area contributed by atoms with Gasteiger partial charge >= 0.3 is 0 Å². The first-order valence-corrected chi connectivity index (χ1v) is 6.37. The van der Waals surface area contributed by atoms with Crippen molar-refractivity contribution in [3.8, 4) is 0 Å². The Labute approximate surface area is 108 Å². The van der Waals surface area contributed by atoms with Crippen LogP contribution in [0.2, 0.25) is 0 Å². The van der Waals surface area contributed by atoms with Crippen molar-refractivity contribution in [2.75, 3.05) is 18.9 Å². The fourth-order valence-corrected chi connectivity index (χ4v) is 1.99. The smallest absolute Gasteiger partial charge is 0.134 e. The van der Waals surface area contributed by atoms with E-state index in [1.807, 2.05) is 13.8 Å². The second-order valence-electron chi connectivity index (χ2n) is 5.66. The van der Waals surface area contributed by atoms with Crippen molar-refractivity contribution < 1.29 is 5.11 Å². The summed E-state index contributed by atoms with van der Waals surface area (Å²) in [4.78, 5) is 10.9. The van der Waals surface area contributed by atoms with E-state index in [-0.39, 0.29) is 0 Å². The molecule has 1 aliphatic rings. The molecule has 0 saturated carbocycles. The Morgan fingerprint density at radius 1 is 1.44 bits per heavy atom. The minimum atomic E-state index is -0.454. The number of likely N-dealkylation sites (N-methyl/N-ethyl adjacent to an activating group) is 1. The van der Waals surface area contributed by atoms with Crippen LogP contribution in [0.1, 0.15) is 32.0 Å². The molecular weight excluding hydrogens is 228 g/mol. The SMILES string of the molecule is CC(O)C(C)(C)Nc1ncnc2c1CN(C)CC2. The Hall–Kier alpha value is -1.20. The van der Waals surface area contributed by atoms with Crippen LogP contribution in [0, 0.1) is 0 Å². The molecule has 2 heterocycles. The van der Waals surface area contributed by atoms with E-state index in [2.05, 4.69) is 27.2 Å². The van der Waals surface area contributed by atoms with Crippen LogP contribution >= 0.6 is 0 Å². The number of fused-ring (bicyclic) bond motifs is 1.